The molecule has 0 aliphatic heterocycles. The number of nitrogens with one attached hydrogen (secondary N) is 1. The number of aromatic carboxylic acids is 1. The molecule has 0 radical (unpaired) electrons. The summed E-state index contributed by atoms with van der Waals surface area (Å²) in [6.07, 6.45) is 1.41. The minimum atomic E-state index is -1.17. The van der Waals surface area contributed by atoms with Crippen molar-refractivity contribution in [2.45, 2.75) is 6.92 Å². The summed E-state index contributed by atoms with van der Waals surface area (Å²) in [5.41, 5.74) is 0.497. The summed E-state index contributed by atoms with van der Waals surface area (Å²) < 4.78 is 5.47. The average molecular weight is 336 g/mol. The van der Waals surface area contributed by atoms with Gasteiger partial charge in [0.2, 0.25) is 0 Å². The maximum Gasteiger partial charge on any atom is 0.337 e. The number of hydrogen-bond acceptors (Lipinski definition) is 4. The van der Waals surface area contributed by atoms with E-state index in [0.717, 1.165) is 0 Å². The van der Waals surface area contributed by atoms with Gasteiger partial charge in [-0.25, -0.2) is 4.79 Å². The first kappa shape index (κ1) is 17.8. The number of carbonyl (C=O) groups excluding carboxylic acids is 1. The fraction of sp³-hybridized carbons (Fsp3) is 0.105. The van der Waals surface area contributed by atoms with Gasteiger partial charge in [-0.3, -0.25) is 4.79 Å². The Labute approximate surface area is 145 Å². The third-order valence-corrected chi connectivity index (χ3v) is 3.29. The van der Waals surface area contributed by atoms with Crippen molar-refractivity contribution in [1.82, 2.24) is 0 Å². The van der Waals surface area contributed by atoms with E-state index in [1.807, 2.05) is 13.0 Å². The molecule has 2 aromatic rings. The highest BCUT2D eigenvalue weighted by molar-refractivity contribution is 6.11. The summed E-state index contributed by atoms with van der Waals surface area (Å²) in [6.45, 7) is 2.28. The summed E-state index contributed by atoms with van der Waals surface area (Å²) in [5, 5.41) is 20.9. The zero-order valence-corrected chi connectivity index (χ0v) is 13.5. The zero-order valence-electron chi connectivity index (χ0n) is 13.5. The number of amides is 1. The molecule has 0 spiro atoms. The van der Waals surface area contributed by atoms with Crippen molar-refractivity contribution in [1.29, 1.82) is 5.26 Å². The van der Waals surface area contributed by atoms with Crippen LogP contribution in [0.15, 0.2) is 54.1 Å². The van der Waals surface area contributed by atoms with E-state index in [4.69, 9.17) is 9.84 Å². The third-order valence-electron chi connectivity index (χ3n) is 3.29. The molecule has 0 unspecified atom stereocenters. The quantitative estimate of drug-likeness (QED) is 0.622. The van der Waals surface area contributed by atoms with Crippen molar-refractivity contribution in [3.63, 3.8) is 0 Å². The summed E-state index contributed by atoms with van der Waals surface area (Å²) in [7, 11) is 0. The van der Waals surface area contributed by atoms with E-state index in [2.05, 4.69) is 5.32 Å². The molecule has 25 heavy (non-hydrogen) atoms. The van der Waals surface area contributed by atoms with Crippen molar-refractivity contribution in [2.75, 3.05) is 11.9 Å². The normalized spacial score (nSPS) is 10.6. The number of nitriles is 1. The SMILES string of the molecule is CCOc1ccccc1/C=C(/C#N)C(=O)Nc1ccccc1C(=O)O. The van der Waals surface area contributed by atoms with Crippen molar-refractivity contribution < 1.29 is 19.4 Å². The highest BCUT2D eigenvalue weighted by Gasteiger charge is 2.15. The van der Waals surface area contributed by atoms with E-state index in [-0.39, 0.29) is 16.8 Å². The van der Waals surface area contributed by atoms with Crippen LogP contribution < -0.4 is 10.1 Å². The Morgan fingerprint density at radius 2 is 1.88 bits per heavy atom. The second-order valence-corrected chi connectivity index (χ2v) is 4.95. The Morgan fingerprint density at radius 3 is 2.56 bits per heavy atom. The monoisotopic (exact) mass is 336 g/mol. The molecule has 0 saturated heterocycles. The smallest absolute Gasteiger partial charge is 0.337 e. The summed E-state index contributed by atoms with van der Waals surface area (Å²) >= 11 is 0. The van der Waals surface area contributed by atoms with E-state index in [1.54, 1.807) is 36.4 Å². The topological polar surface area (TPSA) is 99.4 Å². The second kappa shape index (κ2) is 8.31. The highest BCUT2D eigenvalue weighted by Crippen LogP contribution is 2.22. The average Bonchev–Trinajstić information content (AvgIpc) is 2.61. The molecule has 0 aliphatic rings. The van der Waals surface area contributed by atoms with Crippen molar-refractivity contribution in [3.05, 3.63) is 65.2 Å². The molecule has 2 aromatic carbocycles. The van der Waals surface area contributed by atoms with Crippen LogP contribution in [0.4, 0.5) is 5.69 Å². The number of hydrogen-bond donors (Lipinski definition) is 2. The Balaban J connectivity index is 2.32. The number of carboxylic acid groups (broad SMARTS) is 1. The fourth-order valence-corrected chi connectivity index (χ4v) is 2.16. The first-order valence-electron chi connectivity index (χ1n) is 7.54. The molecule has 126 valence electrons. The second-order valence-electron chi connectivity index (χ2n) is 4.95. The molecule has 1 amide bonds. The molecule has 0 heterocycles. The van der Waals surface area contributed by atoms with Gasteiger partial charge in [0.1, 0.15) is 17.4 Å². The number of rotatable bonds is 6. The van der Waals surface area contributed by atoms with Crippen LogP contribution in [0.2, 0.25) is 0 Å². The summed E-state index contributed by atoms with van der Waals surface area (Å²) in [6, 6.07) is 14.8. The van der Waals surface area contributed by atoms with Crippen molar-refractivity contribution in [2.24, 2.45) is 0 Å². The largest absolute Gasteiger partial charge is 0.493 e. The van der Waals surface area contributed by atoms with E-state index >= 15 is 0 Å². The van der Waals surface area contributed by atoms with Crippen LogP contribution in [0.25, 0.3) is 6.08 Å². The van der Waals surface area contributed by atoms with Crippen LogP contribution in [0.5, 0.6) is 5.75 Å². The third kappa shape index (κ3) is 4.45. The van der Waals surface area contributed by atoms with E-state index in [9.17, 15) is 14.9 Å². The van der Waals surface area contributed by atoms with Gasteiger partial charge in [0.25, 0.3) is 5.91 Å². The van der Waals surface area contributed by atoms with Crippen molar-refractivity contribution >= 4 is 23.6 Å². The Morgan fingerprint density at radius 1 is 1.20 bits per heavy atom. The molecule has 0 aromatic heterocycles. The molecule has 0 fully saturated rings. The molecule has 0 saturated carbocycles. The standard InChI is InChI=1S/C19H16N2O4/c1-2-25-17-10-6-3-7-13(17)11-14(12-20)18(22)21-16-9-5-4-8-15(16)19(23)24/h3-11H,2H2,1H3,(H,21,22)(H,23,24)/b14-11-. The Hall–Kier alpha value is -3.59. The molecule has 2 rings (SSSR count). The number of anilines is 1. The fourth-order valence-electron chi connectivity index (χ4n) is 2.16. The molecule has 0 atom stereocenters. The highest BCUT2D eigenvalue weighted by atomic mass is 16.5. The van der Waals surface area contributed by atoms with E-state index in [0.29, 0.717) is 17.9 Å². The lowest BCUT2D eigenvalue weighted by Gasteiger charge is -2.09. The predicted octanol–water partition coefficient (Wildman–Crippen LogP) is 3.33. The predicted molar refractivity (Wildman–Crippen MR) is 93.2 cm³/mol. The number of ether oxygens (including phenoxy) is 1. The lowest BCUT2D eigenvalue weighted by molar-refractivity contribution is -0.112. The first-order chi connectivity index (χ1) is 12.1. The summed E-state index contributed by atoms with van der Waals surface area (Å²) in [4.78, 5) is 23.6. The number of carboxylic acids is 1. The lowest BCUT2D eigenvalue weighted by atomic mass is 10.1. The molecule has 0 aliphatic carbocycles. The van der Waals surface area contributed by atoms with E-state index < -0.39 is 11.9 Å². The molecular weight excluding hydrogens is 320 g/mol. The van der Waals surface area contributed by atoms with Gasteiger partial charge in [-0.15, -0.1) is 0 Å². The zero-order chi connectivity index (χ0) is 18.2. The van der Waals surface area contributed by atoms with Gasteiger partial charge in [0.15, 0.2) is 0 Å². The van der Waals surface area contributed by atoms with Crippen LogP contribution in [0.1, 0.15) is 22.8 Å². The number of carbonyl (C=O) groups is 2. The van der Waals surface area contributed by atoms with Gasteiger partial charge in [0.05, 0.1) is 17.9 Å². The minimum absolute atomic E-state index is 0.0529. The van der Waals surface area contributed by atoms with Gasteiger partial charge < -0.3 is 15.2 Å². The van der Waals surface area contributed by atoms with Gasteiger partial charge in [0, 0.05) is 5.56 Å². The first-order valence-corrected chi connectivity index (χ1v) is 7.54. The summed E-state index contributed by atoms with van der Waals surface area (Å²) in [5.74, 6) is -1.31. The molecule has 6 nitrogen and oxygen atoms in total. The van der Waals surface area contributed by atoms with Gasteiger partial charge in [-0.1, -0.05) is 30.3 Å². The molecule has 0 bridgehead atoms. The maximum atomic E-state index is 12.4. The molecule has 6 heteroatoms. The Bertz CT molecular complexity index is 866. The van der Waals surface area contributed by atoms with Crippen molar-refractivity contribution in [3.8, 4) is 11.8 Å². The van der Waals surface area contributed by atoms with E-state index in [1.165, 1.54) is 18.2 Å². The molecular formula is C19H16N2O4. The van der Waals surface area contributed by atoms with Crippen LogP contribution in [-0.2, 0) is 4.79 Å². The lowest BCUT2D eigenvalue weighted by Crippen LogP contribution is -2.16. The van der Waals surface area contributed by atoms with Gasteiger partial charge in [-0.05, 0) is 31.2 Å². The van der Waals surface area contributed by atoms with Crippen LogP contribution in [-0.4, -0.2) is 23.6 Å². The number of para-hydroxylation sites is 2. The number of nitrogens with zero attached hydrogens (tertiary/aromatic N) is 1. The van der Waals surface area contributed by atoms with Gasteiger partial charge >= 0.3 is 5.97 Å². The van der Waals surface area contributed by atoms with Gasteiger partial charge in [-0.2, -0.15) is 5.26 Å². The minimum Gasteiger partial charge on any atom is -0.493 e. The van der Waals surface area contributed by atoms with Crippen LogP contribution >= 0.6 is 0 Å². The molecule has 2 N–H and O–H groups in total. The van der Waals surface area contributed by atoms with Crippen LogP contribution in [0.3, 0.4) is 0 Å². The van der Waals surface area contributed by atoms with Crippen LogP contribution in [0, 0.1) is 11.3 Å². The Kier molecular flexibility index (Phi) is 5.91. The number of benzene rings is 2. The maximum absolute atomic E-state index is 12.4.